The Morgan fingerprint density at radius 3 is 2.23 bits per heavy atom. The van der Waals surface area contributed by atoms with Crippen molar-refractivity contribution in [3.63, 3.8) is 0 Å². The van der Waals surface area contributed by atoms with E-state index in [1.165, 1.54) is 0 Å². The van der Waals surface area contributed by atoms with Crippen molar-refractivity contribution < 1.29 is 4.79 Å². The quantitative estimate of drug-likeness (QED) is 0.269. The number of para-hydroxylation sites is 1. The van der Waals surface area contributed by atoms with Crippen LogP contribution in [0.25, 0.3) is 0 Å². The van der Waals surface area contributed by atoms with Crippen LogP contribution in [-0.4, -0.2) is 22.8 Å². The van der Waals surface area contributed by atoms with Gasteiger partial charge in [-0.05, 0) is 47.9 Å². The van der Waals surface area contributed by atoms with E-state index in [-0.39, 0.29) is 11.7 Å². The minimum atomic E-state index is -0.875. The van der Waals surface area contributed by atoms with Gasteiger partial charge in [0.25, 0.3) is 0 Å². The highest BCUT2D eigenvalue weighted by Crippen LogP contribution is 2.51. The van der Waals surface area contributed by atoms with Gasteiger partial charge in [-0.25, -0.2) is 0 Å². The molecule has 0 fully saturated rings. The zero-order valence-corrected chi connectivity index (χ0v) is 21.4. The minimum absolute atomic E-state index is 0.129. The van der Waals surface area contributed by atoms with Crippen molar-refractivity contribution in [2.24, 2.45) is 5.10 Å². The van der Waals surface area contributed by atoms with Gasteiger partial charge in [-0.3, -0.25) is 9.80 Å². The number of hydrazone groups is 1. The summed E-state index contributed by atoms with van der Waals surface area (Å²) in [5.74, 6) is 0.735. The molecule has 6 rings (SSSR count). The molecule has 2 aliphatic heterocycles. The fraction of sp³-hybridized carbons (Fsp3) is 0.133. The third-order valence-electron chi connectivity index (χ3n) is 6.88. The number of ketones is 1. The van der Waals surface area contributed by atoms with Crippen molar-refractivity contribution in [2.45, 2.75) is 22.8 Å². The first-order chi connectivity index (χ1) is 17.2. The van der Waals surface area contributed by atoms with E-state index in [0.29, 0.717) is 6.42 Å². The second kappa shape index (κ2) is 9.14. The third kappa shape index (κ3) is 3.74. The maximum atomic E-state index is 14.7. The van der Waals surface area contributed by atoms with Gasteiger partial charge in [0.15, 0.2) is 5.78 Å². The number of rotatable bonds is 3. The van der Waals surface area contributed by atoms with Crippen LogP contribution in [0.1, 0.15) is 33.8 Å². The molecule has 2 atom stereocenters. The molecule has 5 heteroatoms. The van der Waals surface area contributed by atoms with Gasteiger partial charge in [-0.2, -0.15) is 5.10 Å². The largest absolute Gasteiger partial charge is 0.291 e. The highest BCUT2D eigenvalue weighted by atomic mass is 79.9. The van der Waals surface area contributed by atoms with Crippen molar-refractivity contribution in [3.05, 3.63) is 130 Å². The molecule has 0 N–H and O–H groups in total. The van der Waals surface area contributed by atoms with Crippen molar-refractivity contribution >= 4 is 44.9 Å². The Kier molecular flexibility index (Phi) is 5.83. The predicted molar refractivity (Wildman–Crippen MR) is 148 cm³/mol. The summed E-state index contributed by atoms with van der Waals surface area (Å²) in [6.07, 6.45) is 0.681. The molecule has 0 saturated heterocycles. The number of carbonyl (C=O) groups is 1. The first-order valence-electron chi connectivity index (χ1n) is 11.7. The summed E-state index contributed by atoms with van der Waals surface area (Å²) in [5.41, 5.74) is 3.89. The van der Waals surface area contributed by atoms with E-state index in [0.717, 1.165) is 43.2 Å². The van der Waals surface area contributed by atoms with Crippen molar-refractivity contribution in [2.75, 3.05) is 10.8 Å². The molecule has 1 spiro atoms. The molecule has 4 aromatic carbocycles. The molecule has 4 aromatic rings. The number of benzene rings is 4. The number of thioether (sulfide) groups is 1. The number of anilines is 1. The zero-order valence-electron chi connectivity index (χ0n) is 19.0. The monoisotopic (exact) mass is 538 g/mol. The SMILES string of the molecule is O=C1c2ccccc2SCC[C@@]12[C@H](c1ccc(Br)cc1)C(c1ccccc1)=NN2c1ccccc1. The fourth-order valence-corrected chi connectivity index (χ4v) is 6.69. The van der Waals surface area contributed by atoms with Gasteiger partial charge < -0.3 is 0 Å². The summed E-state index contributed by atoms with van der Waals surface area (Å²) in [7, 11) is 0. The van der Waals surface area contributed by atoms with Crippen LogP contribution in [-0.2, 0) is 0 Å². The molecular weight excluding hydrogens is 516 g/mol. The number of hydrogen-bond donors (Lipinski definition) is 0. The van der Waals surface area contributed by atoms with Gasteiger partial charge in [0, 0.05) is 20.7 Å². The van der Waals surface area contributed by atoms with Crippen LogP contribution in [0.4, 0.5) is 5.69 Å². The topological polar surface area (TPSA) is 32.7 Å². The highest BCUT2D eigenvalue weighted by molar-refractivity contribution is 9.10. The van der Waals surface area contributed by atoms with Gasteiger partial charge in [0.2, 0.25) is 0 Å². The van der Waals surface area contributed by atoms with E-state index in [9.17, 15) is 4.79 Å². The molecule has 0 aromatic heterocycles. The summed E-state index contributed by atoms with van der Waals surface area (Å²) < 4.78 is 1.01. The van der Waals surface area contributed by atoms with Crippen molar-refractivity contribution in [1.82, 2.24) is 0 Å². The van der Waals surface area contributed by atoms with Gasteiger partial charge in [-0.15, -0.1) is 11.8 Å². The molecule has 0 bridgehead atoms. The lowest BCUT2D eigenvalue weighted by Gasteiger charge is -2.40. The lowest BCUT2D eigenvalue weighted by molar-refractivity contribution is 0.0874. The van der Waals surface area contributed by atoms with Gasteiger partial charge >= 0.3 is 0 Å². The first kappa shape index (κ1) is 22.3. The minimum Gasteiger partial charge on any atom is -0.291 e. The molecule has 0 saturated carbocycles. The Hall–Kier alpha value is -3.15. The summed E-state index contributed by atoms with van der Waals surface area (Å²) in [5, 5.41) is 7.28. The Bertz CT molecular complexity index is 1410. The van der Waals surface area contributed by atoms with E-state index in [1.54, 1.807) is 11.8 Å². The number of fused-ring (bicyclic) bond motifs is 1. The number of carbonyl (C=O) groups excluding carboxylic acids is 1. The molecular formula is C30H23BrN2OS. The van der Waals surface area contributed by atoms with E-state index >= 15 is 0 Å². The maximum Gasteiger partial charge on any atom is 0.192 e. The number of hydrogen-bond acceptors (Lipinski definition) is 4. The molecule has 35 heavy (non-hydrogen) atoms. The molecule has 2 heterocycles. The summed E-state index contributed by atoms with van der Waals surface area (Å²) in [4.78, 5) is 15.8. The third-order valence-corrected chi connectivity index (χ3v) is 8.48. The molecule has 172 valence electrons. The zero-order chi connectivity index (χ0) is 23.8. The average Bonchev–Trinajstić information content (AvgIpc) is 3.18. The fourth-order valence-electron chi connectivity index (χ4n) is 5.30. The maximum absolute atomic E-state index is 14.7. The number of nitrogens with zero attached hydrogens (tertiary/aromatic N) is 2. The van der Waals surface area contributed by atoms with Crippen LogP contribution in [0, 0.1) is 0 Å². The predicted octanol–water partition coefficient (Wildman–Crippen LogP) is 7.57. The normalized spacial score (nSPS) is 21.5. The smallest absolute Gasteiger partial charge is 0.192 e. The lowest BCUT2D eigenvalue weighted by atomic mass is 9.70. The van der Waals surface area contributed by atoms with Crippen molar-refractivity contribution in [1.29, 1.82) is 0 Å². The second-order valence-corrected chi connectivity index (χ2v) is 10.9. The van der Waals surface area contributed by atoms with Crippen molar-refractivity contribution in [3.8, 4) is 0 Å². The molecule has 3 nitrogen and oxygen atoms in total. The van der Waals surface area contributed by atoms with Gasteiger partial charge in [-0.1, -0.05) is 94.8 Å². The number of halogens is 1. The highest BCUT2D eigenvalue weighted by Gasteiger charge is 2.58. The lowest BCUT2D eigenvalue weighted by Crippen LogP contribution is -2.54. The molecule has 2 aliphatic rings. The van der Waals surface area contributed by atoms with E-state index in [1.807, 2.05) is 59.6 Å². The van der Waals surface area contributed by atoms with Crippen LogP contribution in [0.15, 0.2) is 124 Å². The van der Waals surface area contributed by atoms with Crippen LogP contribution in [0.5, 0.6) is 0 Å². The summed E-state index contributed by atoms with van der Waals surface area (Å²) >= 11 is 5.35. The van der Waals surface area contributed by atoms with E-state index in [4.69, 9.17) is 5.10 Å². The first-order valence-corrected chi connectivity index (χ1v) is 13.5. The Morgan fingerprint density at radius 1 is 0.829 bits per heavy atom. The van der Waals surface area contributed by atoms with Crippen LogP contribution in [0.3, 0.4) is 0 Å². The molecule has 0 unspecified atom stereocenters. The Morgan fingerprint density at radius 2 is 1.49 bits per heavy atom. The second-order valence-electron chi connectivity index (χ2n) is 8.83. The summed E-state index contributed by atoms with van der Waals surface area (Å²) in [6, 6.07) is 36.8. The standard InChI is InChI=1S/C30H23BrN2OS/c31-23-17-15-21(16-18-23)27-28(22-9-3-1-4-10-22)32-33(24-11-5-2-6-12-24)30(27)19-20-35-26-14-8-7-13-25(26)29(30)34/h1-18,27H,19-20H2/t27-,30-/m1/s1. The number of Topliss-reactive ketones (excluding diaryl/α,β-unsaturated/α-hetero) is 1. The Balaban J connectivity index is 1.64. The molecule has 0 aliphatic carbocycles. The van der Waals surface area contributed by atoms with Gasteiger partial charge in [0.05, 0.1) is 17.3 Å². The van der Waals surface area contributed by atoms with Gasteiger partial charge in [0.1, 0.15) is 5.54 Å². The molecule has 0 amide bonds. The van der Waals surface area contributed by atoms with Crippen LogP contribution in [0.2, 0.25) is 0 Å². The van der Waals surface area contributed by atoms with E-state index < -0.39 is 5.54 Å². The molecule has 0 radical (unpaired) electrons. The Labute approximate surface area is 218 Å². The average molecular weight is 539 g/mol. The van der Waals surface area contributed by atoms with Crippen LogP contribution < -0.4 is 5.01 Å². The van der Waals surface area contributed by atoms with E-state index in [2.05, 4.69) is 70.5 Å². The summed E-state index contributed by atoms with van der Waals surface area (Å²) in [6.45, 7) is 0. The van der Waals surface area contributed by atoms with Crippen LogP contribution >= 0.6 is 27.7 Å².